The molecule has 1 atom stereocenters. The van der Waals surface area contributed by atoms with Gasteiger partial charge in [0, 0.05) is 13.5 Å². The van der Waals surface area contributed by atoms with Crippen molar-refractivity contribution < 1.29 is 14.3 Å². The number of nitrogens with one attached hydrogen (secondary N) is 1. The van der Waals surface area contributed by atoms with E-state index in [1.54, 1.807) is 0 Å². The topological polar surface area (TPSA) is 81.4 Å². The van der Waals surface area contributed by atoms with Crippen LogP contribution in [-0.4, -0.2) is 39.6 Å². The Morgan fingerprint density at radius 3 is 2.30 bits per heavy atom. The lowest BCUT2D eigenvalue weighted by Crippen LogP contribution is -2.45. The van der Waals surface area contributed by atoms with Crippen molar-refractivity contribution in [1.82, 2.24) is 5.32 Å². The van der Waals surface area contributed by atoms with Crippen LogP contribution < -0.4 is 11.1 Å². The first-order valence-corrected chi connectivity index (χ1v) is 9.59. The molecule has 0 aromatic heterocycles. The molecule has 0 rings (SSSR count). The summed E-state index contributed by atoms with van der Waals surface area (Å²) in [7, 11) is -0.299. The van der Waals surface area contributed by atoms with Crippen LogP contribution in [0.25, 0.3) is 0 Å². The van der Waals surface area contributed by atoms with Crippen LogP contribution in [0.15, 0.2) is 0 Å². The summed E-state index contributed by atoms with van der Waals surface area (Å²) in [5.74, 6) is 2.06. The predicted octanol–water partition coefficient (Wildman–Crippen LogP) is 1.04. The Balaban J connectivity index is 4.74. The summed E-state index contributed by atoms with van der Waals surface area (Å²) in [4.78, 5) is 22.7. The summed E-state index contributed by atoms with van der Waals surface area (Å²) in [6, 6.07) is -0.769. The second kappa shape index (κ2) is 7.46. The average Bonchev–Trinajstić information content (AvgIpc) is 2.26. The summed E-state index contributed by atoms with van der Waals surface area (Å²) in [5, 5.41) is 2.67. The molecule has 20 heavy (non-hydrogen) atoms. The first-order chi connectivity index (χ1) is 9.01. The molecular weight excluding hydrogens is 272 g/mol. The van der Waals surface area contributed by atoms with Gasteiger partial charge in [-0.25, -0.2) is 0 Å². The van der Waals surface area contributed by atoms with Crippen molar-refractivity contribution in [3.8, 4) is 11.5 Å². The van der Waals surface area contributed by atoms with Crippen LogP contribution in [0, 0.1) is 11.5 Å². The van der Waals surface area contributed by atoms with E-state index in [0.29, 0.717) is 0 Å². The highest BCUT2D eigenvalue weighted by atomic mass is 28.3. The Labute approximate surface area is 122 Å². The maximum Gasteiger partial charge on any atom is 0.246 e. The largest absolute Gasteiger partial charge is 0.375 e. The van der Waals surface area contributed by atoms with Crippen molar-refractivity contribution in [3.05, 3.63) is 0 Å². The first kappa shape index (κ1) is 18.7. The molecule has 114 valence electrons. The van der Waals surface area contributed by atoms with E-state index in [4.69, 9.17) is 10.5 Å². The lowest BCUT2D eigenvalue weighted by molar-refractivity contribution is -0.129. The number of carbonyl (C=O) groups is 2. The van der Waals surface area contributed by atoms with Gasteiger partial charge in [0.25, 0.3) is 0 Å². The fraction of sp³-hybridized carbons (Fsp3) is 0.714. The zero-order valence-electron chi connectivity index (χ0n) is 13.3. The molecule has 5 nitrogen and oxygen atoms in total. The Kier molecular flexibility index (Phi) is 6.96. The van der Waals surface area contributed by atoms with Crippen molar-refractivity contribution in [2.24, 2.45) is 5.73 Å². The van der Waals surface area contributed by atoms with Gasteiger partial charge in [-0.1, -0.05) is 33.9 Å². The fourth-order valence-corrected chi connectivity index (χ4v) is 2.07. The lowest BCUT2D eigenvalue weighted by atomic mass is 10.2. The third-order valence-corrected chi connectivity index (χ3v) is 8.09. The normalized spacial score (nSPS) is 13.1. The summed E-state index contributed by atoms with van der Waals surface area (Å²) in [5.41, 5.74) is 8.55. The van der Waals surface area contributed by atoms with Gasteiger partial charge in [0.1, 0.15) is 20.7 Å². The van der Waals surface area contributed by atoms with Gasteiger partial charge in [-0.05, 0) is 5.04 Å². The maximum absolute atomic E-state index is 11.4. The molecule has 6 heteroatoms. The molecule has 0 saturated carbocycles. The number of primary amides is 1. The minimum atomic E-state index is -1.71. The molecule has 0 aliphatic heterocycles. The molecule has 0 unspecified atom stereocenters. The lowest BCUT2D eigenvalue weighted by Gasteiger charge is -2.31. The molecule has 0 fully saturated rings. The van der Waals surface area contributed by atoms with Gasteiger partial charge in [0.15, 0.2) is 0 Å². The number of hydrogen-bond acceptors (Lipinski definition) is 3. The third kappa shape index (κ3) is 6.22. The molecule has 0 radical (unpaired) electrons. The van der Waals surface area contributed by atoms with Gasteiger partial charge in [-0.2, -0.15) is 0 Å². The average molecular weight is 298 g/mol. The molecule has 3 N–H and O–H groups in total. The van der Waals surface area contributed by atoms with Crippen LogP contribution in [0.3, 0.4) is 0 Å². The Hall–Kier alpha value is -1.32. The van der Waals surface area contributed by atoms with Crippen LogP contribution in [0.2, 0.25) is 18.1 Å². The molecular formula is C14H26N2O3Si. The monoisotopic (exact) mass is 298 g/mol. The van der Waals surface area contributed by atoms with Gasteiger partial charge in [-0.15, -0.1) is 11.5 Å². The van der Waals surface area contributed by atoms with Gasteiger partial charge in [0.05, 0.1) is 0 Å². The fourth-order valence-electron chi connectivity index (χ4n) is 1.15. The smallest absolute Gasteiger partial charge is 0.246 e. The van der Waals surface area contributed by atoms with Crippen LogP contribution in [0.4, 0.5) is 0 Å². The molecule has 0 heterocycles. The van der Waals surface area contributed by atoms with Crippen molar-refractivity contribution in [2.75, 3.05) is 13.7 Å². The van der Waals surface area contributed by atoms with Crippen LogP contribution >= 0.6 is 0 Å². The van der Waals surface area contributed by atoms with E-state index in [2.05, 4.69) is 50.6 Å². The van der Waals surface area contributed by atoms with Crippen LogP contribution in [-0.2, 0) is 14.3 Å². The van der Waals surface area contributed by atoms with E-state index < -0.39 is 20.0 Å². The van der Waals surface area contributed by atoms with E-state index in [1.165, 1.54) is 7.11 Å². The molecule has 0 aromatic rings. The minimum Gasteiger partial charge on any atom is -0.375 e. The van der Waals surface area contributed by atoms with Gasteiger partial charge in [-0.3, -0.25) is 9.59 Å². The third-order valence-electron chi connectivity index (χ3n) is 3.54. The highest BCUT2D eigenvalue weighted by molar-refractivity contribution is 6.87. The zero-order chi connectivity index (χ0) is 16.0. The Morgan fingerprint density at radius 2 is 1.90 bits per heavy atom. The highest BCUT2D eigenvalue weighted by Gasteiger charge is 2.33. The summed E-state index contributed by atoms with van der Waals surface area (Å²) in [6.45, 7) is 10.8. The van der Waals surface area contributed by atoms with Crippen LogP contribution in [0.5, 0.6) is 0 Å². The number of hydrogen-bond donors (Lipinski definition) is 2. The number of carbonyl (C=O) groups excluding carboxylic acids is 2. The molecule has 0 saturated heterocycles. The van der Waals surface area contributed by atoms with Crippen molar-refractivity contribution >= 4 is 19.9 Å². The second-order valence-corrected chi connectivity index (χ2v) is 11.3. The summed E-state index contributed by atoms with van der Waals surface area (Å²) < 4.78 is 4.69. The van der Waals surface area contributed by atoms with Crippen LogP contribution in [0.1, 0.15) is 27.2 Å². The van der Waals surface area contributed by atoms with Crippen molar-refractivity contribution in [1.29, 1.82) is 0 Å². The number of nitrogens with two attached hydrogens (primary N) is 1. The van der Waals surface area contributed by atoms with Gasteiger partial charge in [0.2, 0.25) is 11.8 Å². The highest BCUT2D eigenvalue weighted by Crippen LogP contribution is 2.35. The summed E-state index contributed by atoms with van der Waals surface area (Å²) >= 11 is 0. The Morgan fingerprint density at radius 1 is 1.35 bits per heavy atom. The molecule has 0 aliphatic carbocycles. The molecule has 0 spiro atoms. The quantitative estimate of drug-likeness (QED) is 0.588. The molecule has 2 amide bonds. The number of amides is 2. The minimum absolute atomic E-state index is 0.0978. The first-order valence-electron chi connectivity index (χ1n) is 6.59. The molecule has 0 aliphatic rings. The van der Waals surface area contributed by atoms with Crippen molar-refractivity contribution in [3.63, 3.8) is 0 Å². The number of methoxy groups -OCH3 is 1. The van der Waals surface area contributed by atoms with E-state index in [9.17, 15) is 9.59 Å². The van der Waals surface area contributed by atoms with E-state index in [1.807, 2.05) is 0 Å². The second-order valence-electron chi connectivity index (χ2n) is 6.34. The summed E-state index contributed by atoms with van der Waals surface area (Å²) in [6.07, 6.45) is 0.233. The van der Waals surface area contributed by atoms with Gasteiger partial charge < -0.3 is 15.8 Å². The molecule has 0 aromatic carbocycles. The standard InChI is InChI=1S/C14H26N2O3Si/c1-14(2,3)20(5,6)9-7-8-11(13(15)18)16-12(17)10-19-4/h11H,8,10H2,1-6H3,(H2,15,18)(H,16,17)/t11-/m0/s1. The number of ether oxygens (including phenoxy) is 1. The van der Waals surface area contributed by atoms with E-state index in [0.717, 1.165) is 0 Å². The van der Waals surface area contributed by atoms with E-state index >= 15 is 0 Å². The SMILES string of the molecule is COCC(=O)N[C@@H](CC#C[Si](C)(C)C(C)(C)C)C(N)=O. The predicted molar refractivity (Wildman–Crippen MR) is 82.6 cm³/mol. The van der Waals surface area contributed by atoms with E-state index in [-0.39, 0.29) is 24.0 Å². The van der Waals surface area contributed by atoms with Crippen molar-refractivity contribution in [2.45, 2.75) is 51.4 Å². The molecule has 0 bridgehead atoms. The number of rotatable bonds is 5. The van der Waals surface area contributed by atoms with Gasteiger partial charge >= 0.3 is 0 Å². The maximum atomic E-state index is 11.4. The Bertz CT molecular complexity index is 416. The zero-order valence-corrected chi connectivity index (χ0v) is 14.3.